The van der Waals surface area contributed by atoms with E-state index in [9.17, 15) is 9.59 Å². The first-order valence-corrected chi connectivity index (χ1v) is 5.88. The lowest BCUT2D eigenvalue weighted by molar-refractivity contribution is -0.125. The maximum atomic E-state index is 11.5. The topological polar surface area (TPSA) is 58.6 Å². The molecule has 0 spiro atoms. The van der Waals surface area contributed by atoms with E-state index in [1.807, 2.05) is 6.92 Å². The Kier molecular flexibility index (Phi) is 3.43. The highest BCUT2D eigenvalue weighted by atomic mass is 16.5. The van der Waals surface area contributed by atoms with Gasteiger partial charge in [-0.15, -0.1) is 0 Å². The zero-order chi connectivity index (χ0) is 11.5. The van der Waals surface area contributed by atoms with Gasteiger partial charge in [-0.2, -0.15) is 0 Å². The molecule has 2 fully saturated rings. The first-order valence-electron chi connectivity index (χ1n) is 5.88. The maximum Gasteiger partial charge on any atom is 0.324 e. The lowest BCUT2D eigenvalue weighted by Gasteiger charge is -2.30. The molecular formula is C11H18N2O3. The third-order valence-electron chi connectivity index (χ3n) is 3.20. The molecule has 0 saturated carbocycles. The number of hydrogen-bond acceptors (Lipinski definition) is 3. The van der Waals surface area contributed by atoms with E-state index < -0.39 is 0 Å². The fourth-order valence-corrected chi connectivity index (χ4v) is 2.17. The van der Waals surface area contributed by atoms with Gasteiger partial charge in [0.25, 0.3) is 0 Å². The highest BCUT2D eigenvalue weighted by Crippen LogP contribution is 2.17. The third kappa shape index (κ3) is 2.52. The fraction of sp³-hybridized carbons (Fsp3) is 0.818. The van der Waals surface area contributed by atoms with Crippen molar-refractivity contribution in [1.29, 1.82) is 0 Å². The van der Waals surface area contributed by atoms with Gasteiger partial charge in [0.2, 0.25) is 5.91 Å². The number of nitrogens with zero attached hydrogens (tertiary/aromatic N) is 1. The summed E-state index contributed by atoms with van der Waals surface area (Å²) in [4.78, 5) is 24.4. The van der Waals surface area contributed by atoms with Crippen LogP contribution in [0.25, 0.3) is 0 Å². The van der Waals surface area contributed by atoms with Crippen molar-refractivity contribution >= 4 is 11.9 Å². The van der Waals surface area contributed by atoms with Gasteiger partial charge in [0.15, 0.2) is 0 Å². The lowest BCUT2D eigenvalue weighted by Crippen LogP contribution is -2.54. The molecule has 0 aromatic carbocycles. The van der Waals surface area contributed by atoms with Crippen LogP contribution in [0.5, 0.6) is 0 Å². The first-order chi connectivity index (χ1) is 7.66. The number of carbonyl (C=O) groups is 2. The summed E-state index contributed by atoms with van der Waals surface area (Å²) in [6.45, 7) is 3.87. The van der Waals surface area contributed by atoms with Crippen molar-refractivity contribution in [2.45, 2.75) is 32.3 Å². The molecule has 2 saturated heterocycles. The Hall–Kier alpha value is -1.10. The van der Waals surface area contributed by atoms with Crippen LogP contribution in [0.4, 0.5) is 4.79 Å². The Morgan fingerprint density at radius 3 is 3.00 bits per heavy atom. The number of hydrogen-bond donors (Lipinski definition) is 1. The van der Waals surface area contributed by atoms with E-state index in [0.29, 0.717) is 19.2 Å². The molecule has 0 aromatic heterocycles. The van der Waals surface area contributed by atoms with Crippen molar-refractivity contribution in [2.75, 3.05) is 19.7 Å². The maximum absolute atomic E-state index is 11.5. The second-order valence-corrected chi connectivity index (χ2v) is 4.57. The quantitative estimate of drug-likeness (QED) is 0.772. The zero-order valence-corrected chi connectivity index (χ0v) is 9.57. The molecule has 5 heteroatoms. The summed E-state index contributed by atoms with van der Waals surface area (Å²) in [5.74, 6) is -0.277. The zero-order valence-electron chi connectivity index (χ0n) is 9.57. The van der Waals surface area contributed by atoms with Crippen LogP contribution in [-0.4, -0.2) is 42.6 Å². The van der Waals surface area contributed by atoms with Crippen LogP contribution >= 0.6 is 0 Å². The van der Waals surface area contributed by atoms with E-state index in [-0.39, 0.29) is 17.9 Å². The number of ether oxygens (including phenoxy) is 1. The number of amides is 3. The van der Waals surface area contributed by atoms with E-state index in [2.05, 4.69) is 5.32 Å². The van der Waals surface area contributed by atoms with Gasteiger partial charge in [0, 0.05) is 19.7 Å². The molecule has 2 heterocycles. The van der Waals surface area contributed by atoms with Crippen LogP contribution in [0.15, 0.2) is 0 Å². The van der Waals surface area contributed by atoms with Crippen molar-refractivity contribution in [3.05, 3.63) is 0 Å². The molecule has 2 aliphatic heterocycles. The number of rotatable bonds is 3. The first kappa shape index (κ1) is 11.4. The summed E-state index contributed by atoms with van der Waals surface area (Å²) < 4.78 is 5.50. The molecule has 1 N–H and O–H groups in total. The molecule has 0 radical (unpaired) electrons. The molecule has 2 atom stereocenters. The van der Waals surface area contributed by atoms with E-state index in [1.165, 1.54) is 0 Å². The van der Waals surface area contributed by atoms with Crippen LogP contribution in [0.1, 0.15) is 26.2 Å². The summed E-state index contributed by atoms with van der Waals surface area (Å²) in [6, 6.07) is -0.263. The highest BCUT2D eigenvalue weighted by molar-refractivity contribution is 5.97. The average Bonchev–Trinajstić information content (AvgIpc) is 2.74. The average molecular weight is 226 g/mol. The Balaban J connectivity index is 1.79. The van der Waals surface area contributed by atoms with Crippen molar-refractivity contribution in [1.82, 2.24) is 10.2 Å². The normalized spacial score (nSPS) is 30.7. The predicted molar refractivity (Wildman–Crippen MR) is 57.9 cm³/mol. The van der Waals surface area contributed by atoms with Gasteiger partial charge < -0.3 is 9.64 Å². The molecule has 2 unspecified atom stereocenters. The smallest absolute Gasteiger partial charge is 0.324 e. The van der Waals surface area contributed by atoms with Gasteiger partial charge in [-0.25, -0.2) is 4.79 Å². The predicted octanol–water partition coefficient (Wildman–Crippen LogP) is 0.743. The minimum absolute atomic E-state index is 0.109. The second-order valence-electron chi connectivity index (χ2n) is 4.57. The van der Waals surface area contributed by atoms with E-state index in [0.717, 1.165) is 25.9 Å². The number of nitrogens with one attached hydrogen (secondary N) is 1. The Morgan fingerprint density at radius 1 is 1.50 bits per heavy atom. The Labute approximate surface area is 95.1 Å². The van der Waals surface area contributed by atoms with Crippen LogP contribution in [0.3, 0.4) is 0 Å². The molecule has 0 aliphatic carbocycles. The highest BCUT2D eigenvalue weighted by Gasteiger charge is 2.29. The largest absolute Gasteiger partial charge is 0.378 e. The van der Waals surface area contributed by atoms with E-state index >= 15 is 0 Å². The van der Waals surface area contributed by atoms with Crippen LogP contribution in [-0.2, 0) is 9.53 Å². The van der Waals surface area contributed by atoms with Crippen molar-refractivity contribution in [2.24, 2.45) is 5.92 Å². The number of carbonyl (C=O) groups excluding carboxylic acids is 2. The minimum atomic E-state index is -0.263. The molecule has 2 rings (SSSR count). The van der Waals surface area contributed by atoms with Gasteiger partial charge in [-0.3, -0.25) is 10.1 Å². The van der Waals surface area contributed by atoms with E-state index in [4.69, 9.17) is 4.74 Å². The summed E-state index contributed by atoms with van der Waals surface area (Å²) in [6.07, 6.45) is 3.37. The number of imide groups is 1. The lowest BCUT2D eigenvalue weighted by atomic mass is 10.1. The van der Waals surface area contributed by atoms with Gasteiger partial charge in [0.1, 0.15) is 0 Å². The molecule has 90 valence electrons. The van der Waals surface area contributed by atoms with Crippen molar-refractivity contribution in [3.63, 3.8) is 0 Å². The van der Waals surface area contributed by atoms with Crippen molar-refractivity contribution < 1.29 is 14.3 Å². The van der Waals surface area contributed by atoms with Gasteiger partial charge in [0.05, 0.1) is 12.0 Å². The summed E-state index contributed by atoms with van der Waals surface area (Å²) in [5, 5.41) is 2.36. The molecule has 16 heavy (non-hydrogen) atoms. The SMILES string of the molecule is CC1CN(CCC2CCCO2)C(=O)NC1=O. The van der Waals surface area contributed by atoms with Gasteiger partial charge in [-0.05, 0) is 19.3 Å². The van der Waals surface area contributed by atoms with Gasteiger partial charge in [-0.1, -0.05) is 6.92 Å². The van der Waals surface area contributed by atoms with Crippen LogP contribution in [0.2, 0.25) is 0 Å². The Morgan fingerprint density at radius 2 is 2.31 bits per heavy atom. The summed E-state index contributed by atoms with van der Waals surface area (Å²) in [5.41, 5.74) is 0. The second kappa shape index (κ2) is 4.82. The molecular weight excluding hydrogens is 208 g/mol. The molecule has 2 aliphatic rings. The summed E-state index contributed by atoms with van der Waals surface area (Å²) in [7, 11) is 0. The molecule has 0 aromatic rings. The van der Waals surface area contributed by atoms with E-state index in [1.54, 1.807) is 4.90 Å². The number of urea groups is 1. The Bertz CT molecular complexity index is 287. The van der Waals surface area contributed by atoms with Gasteiger partial charge >= 0.3 is 6.03 Å². The molecule has 5 nitrogen and oxygen atoms in total. The van der Waals surface area contributed by atoms with Crippen LogP contribution in [0, 0.1) is 5.92 Å². The van der Waals surface area contributed by atoms with Crippen LogP contribution < -0.4 is 5.32 Å². The monoisotopic (exact) mass is 226 g/mol. The fourth-order valence-electron chi connectivity index (χ4n) is 2.17. The standard InChI is InChI=1S/C11H18N2O3/c1-8-7-13(11(15)12-10(8)14)5-4-9-3-2-6-16-9/h8-9H,2-7H2,1H3,(H,12,14,15). The third-order valence-corrected chi connectivity index (χ3v) is 3.20. The summed E-state index contributed by atoms with van der Waals surface area (Å²) >= 11 is 0. The van der Waals surface area contributed by atoms with Crippen molar-refractivity contribution in [3.8, 4) is 0 Å². The molecule has 0 bridgehead atoms. The molecule has 3 amide bonds. The minimum Gasteiger partial charge on any atom is -0.378 e.